The fourth-order valence-electron chi connectivity index (χ4n) is 8.22. The molecule has 0 bridgehead atoms. The Morgan fingerprint density at radius 3 is 1.41 bits per heavy atom. The van der Waals surface area contributed by atoms with Gasteiger partial charge in [-0.05, 0) is 84.9 Å². The lowest BCUT2D eigenvalue weighted by Gasteiger charge is -2.14. The van der Waals surface area contributed by atoms with Gasteiger partial charge in [0.05, 0.1) is 22.6 Å². The van der Waals surface area contributed by atoms with E-state index < -0.39 is 0 Å². The molecule has 270 valence electrons. The fraction of sp³-hybridized carbons (Fsp3) is 0. The normalized spacial score (nSPS) is 11.4. The highest BCUT2D eigenvalue weighted by Gasteiger charge is 2.15. The molecule has 0 saturated heterocycles. The van der Waals surface area contributed by atoms with Crippen LogP contribution in [0.1, 0.15) is 0 Å². The molecule has 0 aliphatic rings. The molecule has 3 nitrogen and oxygen atoms in total. The summed E-state index contributed by atoms with van der Waals surface area (Å²) in [5, 5.41) is 8.34. The maximum Gasteiger partial charge on any atom is 0.160 e. The lowest BCUT2D eigenvalue weighted by atomic mass is 9.93. The minimum Gasteiger partial charge on any atom is -0.248 e. The molecule has 3 heteroatoms. The molecule has 0 amide bonds. The Balaban J connectivity index is 0.972. The lowest BCUT2D eigenvalue weighted by Crippen LogP contribution is -1.96. The van der Waals surface area contributed by atoms with E-state index >= 15 is 0 Å². The number of benzene rings is 9. The maximum atomic E-state index is 5.18. The van der Waals surface area contributed by atoms with Gasteiger partial charge < -0.3 is 0 Å². The molecule has 0 unspecified atom stereocenters. The monoisotopic (exact) mass is 737 g/mol. The molecule has 0 spiro atoms. The summed E-state index contributed by atoms with van der Waals surface area (Å²) < 4.78 is 0. The van der Waals surface area contributed by atoms with E-state index in [0.29, 0.717) is 5.82 Å². The summed E-state index contributed by atoms with van der Waals surface area (Å²) in [6.45, 7) is 0. The van der Waals surface area contributed by atoms with Gasteiger partial charge in [-0.25, -0.2) is 15.0 Å². The summed E-state index contributed by atoms with van der Waals surface area (Å²) >= 11 is 0. The highest BCUT2D eigenvalue weighted by atomic mass is 14.9. The van der Waals surface area contributed by atoms with Crippen molar-refractivity contribution in [2.75, 3.05) is 0 Å². The predicted molar refractivity (Wildman–Crippen MR) is 242 cm³/mol. The van der Waals surface area contributed by atoms with E-state index in [-0.39, 0.29) is 0 Å². The topological polar surface area (TPSA) is 38.7 Å². The Bertz CT molecular complexity index is 3220. The number of hydrogen-bond donors (Lipinski definition) is 0. The van der Waals surface area contributed by atoms with Crippen LogP contribution in [0.3, 0.4) is 0 Å². The van der Waals surface area contributed by atoms with Crippen LogP contribution in [0.5, 0.6) is 0 Å². The first-order valence-corrected chi connectivity index (χ1v) is 19.7. The van der Waals surface area contributed by atoms with Crippen molar-refractivity contribution in [3.8, 4) is 67.4 Å². The first kappa shape index (κ1) is 33.6. The molecule has 9 aromatic carbocycles. The third kappa shape index (κ3) is 6.16. The molecule has 2 heterocycles. The first-order chi connectivity index (χ1) is 28.7. The zero-order chi connectivity index (χ0) is 38.4. The Morgan fingerprint density at radius 1 is 0.259 bits per heavy atom. The fourth-order valence-corrected chi connectivity index (χ4v) is 8.22. The summed E-state index contributed by atoms with van der Waals surface area (Å²) in [5.74, 6) is 0.706. The number of pyridine rings is 1. The molecule has 0 fully saturated rings. The highest BCUT2D eigenvalue weighted by Crippen LogP contribution is 2.38. The number of nitrogens with zero attached hydrogens (tertiary/aromatic N) is 3. The van der Waals surface area contributed by atoms with Gasteiger partial charge in [-0.3, -0.25) is 0 Å². The molecular weight excluding hydrogens is 703 g/mol. The SMILES string of the molecule is c1ccc(-c2cc(-c3ccc(-c4ccc(-c5cc(-c6ccc7ccccc7c6)nc(-c6ccc7ccccc7c6)n5)cc4)cc3)c3c(ccc4ccccc43)n2)cc1. The van der Waals surface area contributed by atoms with Crippen molar-refractivity contribution in [2.45, 2.75) is 0 Å². The minimum atomic E-state index is 0.706. The Morgan fingerprint density at radius 2 is 0.724 bits per heavy atom. The molecule has 0 aliphatic carbocycles. The van der Waals surface area contributed by atoms with Gasteiger partial charge in [-0.1, -0.05) is 182 Å². The van der Waals surface area contributed by atoms with E-state index in [4.69, 9.17) is 15.0 Å². The van der Waals surface area contributed by atoms with Gasteiger partial charge in [0.2, 0.25) is 0 Å². The molecule has 0 radical (unpaired) electrons. The van der Waals surface area contributed by atoms with E-state index in [2.05, 4.69) is 206 Å². The van der Waals surface area contributed by atoms with E-state index in [1.807, 2.05) is 6.07 Å². The summed E-state index contributed by atoms with van der Waals surface area (Å²) in [4.78, 5) is 15.5. The average Bonchev–Trinajstić information content (AvgIpc) is 3.31. The zero-order valence-electron chi connectivity index (χ0n) is 31.5. The van der Waals surface area contributed by atoms with Crippen molar-refractivity contribution in [1.29, 1.82) is 0 Å². The van der Waals surface area contributed by atoms with E-state index in [1.54, 1.807) is 0 Å². The van der Waals surface area contributed by atoms with Crippen molar-refractivity contribution >= 4 is 43.2 Å². The molecule has 11 rings (SSSR count). The van der Waals surface area contributed by atoms with Crippen LogP contribution in [0.15, 0.2) is 212 Å². The van der Waals surface area contributed by atoms with Gasteiger partial charge in [-0.2, -0.15) is 0 Å². The third-order valence-corrected chi connectivity index (χ3v) is 11.3. The van der Waals surface area contributed by atoms with Crippen LogP contribution in [0.4, 0.5) is 0 Å². The van der Waals surface area contributed by atoms with Crippen LogP contribution >= 0.6 is 0 Å². The molecule has 0 saturated carbocycles. The summed E-state index contributed by atoms with van der Waals surface area (Å²) in [5.41, 5.74) is 12.6. The second kappa shape index (κ2) is 14.1. The van der Waals surface area contributed by atoms with Crippen molar-refractivity contribution in [3.63, 3.8) is 0 Å². The van der Waals surface area contributed by atoms with Gasteiger partial charge in [0.25, 0.3) is 0 Å². The lowest BCUT2D eigenvalue weighted by molar-refractivity contribution is 1.18. The summed E-state index contributed by atoms with van der Waals surface area (Å²) in [7, 11) is 0. The Kier molecular flexibility index (Phi) is 8.15. The van der Waals surface area contributed by atoms with Gasteiger partial charge >= 0.3 is 0 Å². The molecule has 0 aliphatic heterocycles. The molecule has 0 N–H and O–H groups in total. The van der Waals surface area contributed by atoms with E-state index in [9.17, 15) is 0 Å². The second-order valence-electron chi connectivity index (χ2n) is 14.8. The second-order valence-corrected chi connectivity index (χ2v) is 14.8. The van der Waals surface area contributed by atoms with Gasteiger partial charge in [0.15, 0.2) is 5.82 Å². The van der Waals surface area contributed by atoms with Crippen molar-refractivity contribution in [1.82, 2.24) is 15.0 Å². The van der Waals surface area contributed by atoms with Crippen molar-refractivity contribution in [3.05, 3.63) is 212 Å². The van der Waals surface area contributed by atoms with Crippen LogP contribution < -0.4 is 0 Å². The van der Waals surface area contributed by atoms with E-state index in [0.717, 1.165) is 61.5 Å². The van der Waals surface area contributed by atoms with Crippen LogP contribution in [0.25, 0.3) is 111 Å². The van der Waals surface area contributed by atoms with Crippen LogP contribution in [0, 0.1) is 0 Å². The number of rotatable bonds is 6. The largest absolute Gasteiger partial charge is 0.248 e. The van der Waals surface area contributed by atoms with Crippen LogP contribution in [-0.4, -0.2) is 15.0 Å². The van der Waals surface area contributed by atoms with Gasteiger partial charge in [0, 0.05) is 27.6 Å². The van der Waals surface area contributed by atoms with Crippen molar-refractivity contribution < 1.29 is 0 Å². The molecule has 11 aromatic rings. The molecule has 58 heavy (non-hydrogen) atoms. The van der Waals surface area contributed by atoms with Gasteiger partial charge in [-0.15, -0.1) is 0 Å². The molecule has 0 atom stereocenters. The van der Waals surface area contributed by atoms with Crippen LogP contribution in [-0.2, 0) is 0 Å². The van der Waals surface area contributed by atoms with Gasteiger partial charge in [0.1, 0.15) is 0 Å². The van der Waals surface area contributed by atoms with E-state index in [1.165, 1.54) is 43.3 Å². The molecule has 2 aromatic heterocycles. The predicted octanol–water partition coefficient (Wildman–Crippen LogP) is 14.5. The number of aromatic nitrogens is 3. The third-order valence-electron chi connectivity index (χ3n) is 11.3. The smallest absolute Gasteiger partial charge is 0.160 e. The average molecular weight is 738 g/mol. The minimum absolute atomic E-state index is 0.706. The summed E-state index contributed by atoms with van der Waals surface area (Å²) in [6, 6.07) is 75.3. The standard InChI is InChI=1S/C55H35N3/c1-2-13-42(14-3-1)51-34-49(54-48-17-9-8-12-40(48)30-31-50(54)56-51)41-24-18-38(19-25-41)39-20-26-43(27-21-39)52-35-53(46-28-22-36-10-4-6-15-44(36)32-46)58-55(57-52)47-29-23-37-11-5-7-16-45(37)33-47/h1-35H. The number of fused-ring (bicyclic) bond motifs is 5. The first-order valence-electron chi connectivity index (χ1n) is 19.7. The highest BCUT2D eigenvalue weighted by molar-refractivity contribution is 6.14. The molecular formula is C55H35N3. The van der Waals surface area contributed by atoms with Crippen LogP contribution in [0.2, 0.25) is 0 Å². The number of hydrogen-bond acceptors (Lipinski definition) is 3. The zero-order valence-corrected chi connectivity index (χ0v) is 31.5. The van der Waals surface area contributed by atoms with Crippen molar-refractivity contribution in [2.24, 2.45) is 0 Å². The maximum absolute atomic E-state index is 5.18. The Hall–Kier alpha value is -7.75. The quantitative estimate of drug-likeness (QED) is 0.160. The summed E-state index contributed by atoms with van der Waals surface area (Å²) in [6.07, 6.45) is 0. The Labute approximate surface area is 336 Å².